The lowest BCUT2D eigenvalue weighted by atomic mass is 10.1. The first kappa shape index (κ1) is 13.9. The minimum absolute atomic E-state index is 0.779. The number of unbranched alkanes of at least 4 members (excludes halogenated alkanes) is 4. The van der Waals surface area contributed by atoms with Gasteiger partial charge < -0.3 is 0 Å². The number of nitrogens with one attached hydrogen (secondary N) is 1. The molecular formula is C12H23N3. The van der Waals surface area contributed by atoms with Crippen molar-refractivity contribution < 1.29 is 0 Å². The number of allylic oxidation sites excluding steroid dienone is 1. The maximum atomic E-state index is 3.88. The zero-order chi connectivity index (χ0) is 11.2. The Morgan fingerprint density at radius 3 is 2.73 bits per heavy atom. The first-order valence-electron chi connectivity index (χ1n) is 5.93. The molecule has 86 valence electrons. The molecule has 0 aromatic heterocycles. The van der Waals surface area contributed by atoms with E-state index in [1.165, 1.54) is 25.7 Å². The molecule has 0 aliphatic heterocycles. The van der Waals surface area contributed by atoms with Crippen LogP contribution in [0.4, 0.5) is 0 Å². The van der Waals surface area contributed by atoms with E-state index in [1.54, 1.807) is 6.20 Å². The van der Waals surface area contributed by atoms with Gasteiger partial charge in [0.2, 0.25) is 0 Å². The summed E-state index contributed by atoms with van der Waals surface area (Å²) in [5.41, 5.74) is 5.74. The standard InChI is InChI=1S/C12H23N3/c1-3-5-6-7-8-9-10-12-14-15-13-11-4-2/h9,12H,3-8,11H2,1-2H3,(H,13,14). The van der Waals surface area contributed by atoms with E-state index in [4.69, 9.17) is 0 Å². The second kappa shape index (κ2) is 12.9. The smallest absolute Gasteiger partial charge is 0.0632 e. The summed E-state index contributed by atoms with van der Waals surface area (Å²) in [7, 11) is 0. The van der Waals surface area contributed by atoms with Crippen LogP contribution in [0.3, 0.4) is 0 Å². The summed E-state index contributed by atoms with van der Waals surface area (Å²) in [5, 5.41) is 7.62. The molecule has 0 saturated heterocycles. The van der Waals surface area contributed by atoms with Crippen molar-refractivity contribution in [3.05, 3.63) is 18.0 Å². The molecule has 3 heteroatoms. The molecule has 0 fully saturated rings. The summed E-state index contributed by atoms with van der Waals surface area (Å²) in [6.45, 7) is 5.08. The van der Waals surface area contributed by atoms with Crippen molar-refractivity contribution in [3.8, 4) is 0 Å². The number of nitrogens with zero attached hydrogens (tertiary/aromatic N) is 2. The van der Waals surface area contributed by atoms with E-state index in [-0.39, 0.29) is 0 Å². The van der Waals surface area contributed by atoms with Crippen molar-refractivity contribution in [1.82, 2.24) is 5.43 Å². The minimum atomic E-state index is 0.779. The van der Waals surface area contributed by atoms with E-state index in [9.17, 15) is 0 Å². The SMILES string of the molecule is CCCCCCC=C=CNN=NCCC. The third kappa shape index (κ3) is 12.9. The Kier molecular flexibility index (Phi) is 12.0. The minimum Gasteiger partial charge on any atom is -0.260 e. The molecule has 0 aromatic carbocycles. The van der Waals surface area contributed by atoms with E-state index in [0.29, 0.717) is 0 Å². The van der Waals surface area contributed by atoms with Gasteiger partial charge in [0.25, 0.3) is 0 Å². The van der Waals surface area contributed by atoms with E-state index in [2.05, 4.69) is 35.3 Å². The van der Waals surface area contributed by atoms with E-state index in [0.717, 1.165) is 19.4 Å². The van der Waals surface area contributed by atoms with Gasteiger partial charge in [0.05, 0.1) is 12.7 Å². The summed E-state index contributed by atoms with van der Waals surface area (Å²) in [4.78, 5) is 0. The van der Waals surface area contributed by atoms with Gasteiger partial charge in [-0.15, -0.1) is 5.73 Å². The number of rotatable bonds is 9. The summed E-state index contributed by atoms with van der Waals surface area (Å²) >= 11 is 0. The van der Waals surface area contributed by atoms with Gasteiger partial charge in [-0.1, -0.05) is 38.3 Å². The topological polar surface area (TPSA) is 36.8 Å². The number of hydrogen-bond acceptors (Lipinski definition) is 2. The Labute approximate surface area is 93.3 Å². The van der Waals surface area contributed by atoms with Crippen molar-refractivity contribution in [1.29, 1.82) is 0 Å². The average Bonchev–Trinajstić information content (AvgIpc) is 2.26. The molecule has 0 spiro atoms. The highest BCUT2D eigenvalue weighted by Gasteiger charge is 1.82. The monoisotopic (exact) mass is 209 g/mol. The van der Waals surface area contributed by atoms with Gasteiger partial charge in [0, 0.05) is 0 Å². The molecule has 0 saturated carbocycles. The normalized spacial score (nSPS) is 10.0. The Morgan fingerprint density at radius 2 is 2.00 bits per heavy atom. The molecule has 3 nitrogen and oxygen atoms in total. The Balaban J connectivity index is 3.30. The summed E-state index contributed by atoms with van der Waals surface area (Å²) in [6, 6.07) is 0. The van der Waals surface area contributed by atoms with Crippen molar-refractivity contribution in [2.75, 3.05) is 6.54 Å². The molecule has 0 heterocycles. The molecule has 0 aliphatic carbocycles. The zero-order valence-corrected chi connectivity index (χ0v) is 10.00. The fourth-order valence-corrected chi connectivity index (χ4v) is 1.07. The molecule has 1 N–H and O–H groups in total. The zero-order valence-electron chi connectivity index (χ0n) is 10.00. The van der Waals surface area contributed by atoms with Gasteiger partial charge in [0.1, 0.15) is 0 Å². The largest absolute Gasteiger partial charge is 0.260 e. The highest BCUT2D eigenvalue weighted by atomic mass is 15.4. The fourth-order valence-electron chi connectivity index (χ4n) is 1.07. The molecule has 0 bridgehead atoms. The van der Waals surface area contributed by atoms with E-state index < -0.39 is 0 Å². The summed E-state index contributed by atoms with van der Waals surface area (Å²) in [5.74, 6) is 0. The predicted molar refractivity (Wildman–Crippen MR) is 64.6 cm³/mol. The Hall–Kier alpha value is -1.08. The third-order valence-corrected chi connectivity index (χ3v) is 1.92. The molecule has 0 rings (SSSR count). The van der Waals surface area contributed by atoms with Crippen LogP contribution in [0.25, 0.3) is 0 Å². The quantitative estimate of drug-likeness (QED) is 0.265. The lowest BCUT2D eigenvalue weighted by Gasteiger charge is -1.92. The second-order valence-corrected chi connectivity index (χ2v) is 3.46. The first-order chi connectivity index (χ1) is 7.41. The van der Waals surface area contributed by atoms with Crippen LogP contribution < -0.4 is 5.43 Å². The van der Waals surface area contributed by atoms with Crippen LogP contribution in [0.1, 0.15) is 52.4 Å². The van der Waals surface area contributed by atoms with Gasteiger partial charge in [-0.25, -0.2) is 0 Å². The maximum Gasteiger partial charge on any atom is 0.0632 e. The van der Waals surface area contributed by atoms with Crippen LogP contribution in [0.2, 0.25) is 0 Å². The molecule has 0 aromatic rings. The van der Waals surface area contributed by atoms with Gasteiger partial charge in [-0.3, -0.25) is 5.43 Å². The Morgan fingerprint density at radius 1 is 1.13 bits per heavy atom. The first-order valence-corrected chi connectivity index (χ1v) is 5.93. The lowest BCUT2D eigenvalue weighted by molar-refractivity contribution is 0.674. The van der Waals surface area contributed by atoms with Gasteiger partial charge in [-0.05, 0) is 25.3 Å². The van der Waals surface area contributed by atoms with Gasteiger partial charge in [-0.2, -0.15) is 5.11 Å². The molecule has 0 amide bonds. The molecule has 0 radical (unpaired) electrons. The van der Waals surface area contributed by atoms with Gasteiger partial charge >= 0.3 is 0 Å². The van der Waals surface area contributed by atoms with Crippen LogP contribution >= 0.6 is 0 Å². The van der Waals surface area contributed by atoms with Gasteiger partial charge in [0.15, 0.2) is 0 Å². The number of hydrogen-bond donors (Lipinski definition) is 1. The molecule has 0 atom stereocenters. The van der Waals surface area contributed by atoms with Crippen molar-refractivity contribution in [2.45, 2.75) is 52.4 Å². The summed E-state index contributed by atoms with van der Waals surface area (Å²) < 4.78 is 0. The fraction of sp³-hybridized carbons (Fsp3) is 0.750. The van der Waals surface area contributed by atoms with Crippen LogP contribution in [0, 0.1) is 0 Å². The highest BCUT2D eigenvalue weighted by molar-refractivity contribution is 4.81. The molecule has 0 unspecified atom stereocenters. The van der Waals surface area contributed by atoms with Crippen LogP contribution in [-0.4, -0.2) is 6.54 Å². The Bertz CT molecular complexity index is 203. The predicted octanol–water partition coefficient (Wildman–Crippen LogP) is 3.99. The van der Waals surface area contributed by atoms with E-state index in [1.807, 2.05) is 6.08 Å². The van der Waals surface area contributed by atoms with Crippen LogP contribution in [0.5, 0.6) is 0 Å². The van der Waals surface area contributed by atoms with Crippen molar-refractivity contribution in [3.63, 3.8) is 0 Å². The molecule has 0 aliphatic rings. The van der Waals surface area contributed by atoms with Crippen LogP contribution in [0.15, 0.2) is 28.3 Å². The lowest BCUT2D eigenvalue weighted by Crippen LogP contribution is -1.89. The molecular weight excluding hydrogens is 186 g/mol. The van der Waals surface area contributed by atoms with Crippen molar-refractivity contribution in [2.24, 2.45) is 10.3 Å². The van der Waals surface area contributed by atoms with Crippen molar-refractivity contribution >= 4 is 0 Å². The second-order valence-electron chi connectivity index (χ2n) is 3.46. The summed E-state index contributed by atoms with van der Waals surface area (Å²) in [6.07, 6.45) is 11.1. The van der Waals surface area contributed by atoms with Crippen LogP contribution in [-0.2, 0) is 0 Å². The molecule has 15 heavy (non-hydrogen) atoms. The third-order valence-electron chi connectivity index (χ3n) is 1.92. The average molecular weight is 209 g/mol. The van der Waals surface area contributed by atoms with E-state index >= 15 is 0 Å². The maximum absolute atomic E-state index is 3.88. The highest BCUT2D eigenvalue weighted by Crippen LogP contribution is 2.01.